The second-order valence-electron chi connectivity index (χ2n) is 5.66. The molecule has 0 aliphatic rings. The summed E-state index contributed by atoms with van der Waals surface area (Å²) in [6, 6.07) is 17.3. The predicted octanol–water partition coefficient (Wildman–Crippen LogP) is 2.84. The molecular formula is C19H24N2O3. The van der Waals surface area contributed by atoms with Gasteiger partial charge in [-0.1, -0.05) is 42.5 Å². The van der Waals surface area contributed by atoms with Gasteiger partial charge in [-0.3, -0.25) is 0 Å². The predicted molar refractivity (Wildman–Crippen MR) is 93.8 cm³/mol. The van der Waals surface area contributed by atoms with Crippen molar-refractivity contribution < 1.29 is 14.6 Å². The molecule has 5 heteroatoms. The fourth-order valence-corrected chi connectivity index (χ4v) is 2.16. The van der Waals surface area contributed by atoms with Crippen LogP contribution in [0.1, 0.15) is 24.5 Å². The van der Waals surface area contributed by atoms with Gasteiger partial charge >= 0.3 is 6.03 Å². The number of urea groups is 1. The van der Waals surface area contributed by atoms with E-state index >= 15 is 0 Å². The molecule has 0 spiro atoms. The first-order chi connectivity index (χ1) is 11.7. The molecule has 5 nitrogen and oxygen atoms in total. The van der Waals surface area contributed by atoms with Crippen LogP contribution in [-0.2, 0) is 13.2 Å². The number of amides is 2. The third-order valence-corrected chi connectivity index (χ3v) is 3.56. The van der Waals surface area contributed by atoms with Gasteiger partial charge in [-0.2, -0.15) is 0 Å². The van der Waals surface area contributed by atoms with Crippen molar-refractivity contribution in [3.63, 3.8) is 0 Å². The number of carbonyl (C=O) groups is 1. The van der Waals surface area contributed by atoms with E-state index in [1.807, 2.05) is 61.5 Å². The number of carbonyl (C=O) groups excluding carboxylic acids is 1. The molecule has 0 aliphatic heterocycles. The molecule has 0 saturated heterocycles. The zero-order valence-corrected chi connectivity index (χ0v) is 13.9. The van der Waals surface area contributed by atoms with Crippen molar-refractivity contribution in [1.82, 2.24) is 10.6 Å². The summed E-state index contributed by atoms with van der Waals surface area (Å²) in [5.74, 6) is 0.844. The van der Waals surface area contributed by atoms with Gasteiger partial charge in [-0.25, -0.2) is 4.79 Å². The van der Waals surface area contributed by atoms with Crippen molar-refractivity contribution in [3.05, 3.63) is 65.7 Å². The zero-order chi connectivity index (χ0) is 17.2. The fourth-order valence-electron chi connectivity index (χ4n) is 2.16. The molecule has 3 N–H and O–H groups in total. The maximum absolute atomic E-state index is 11.7. The Morgan fingerprint density at radius 3 is 2.42 bits per heavy atom. The number of hydrogen-bond acceptors (Lipinski definition) is 3. The Morgan fingerprint density at radius 1 is 1.08 bits per heavy atom. The highest BCUT2D eigenvalue weighted by molar-refractivity contribution is 5.74. The summed E-state index contributed by atoms with van der Waals surface area (Å²) in [4.78, 5) is 11.7. The van der Waals surface area contributed by atoms with Crippen LogP contribution in [0.2, 0.25) is 0 Å². The molecule has 0 saturated carbocycles. The van der Waals surface area contributed by atoms with Crippen LogP contribution >= 0.6 is 0 Å². The lowest BCUT2D eigenvalue weighted by atomic mass is 10.1. The number of hydrogen-bond donors (Lipinski definition) is 3. The highest BCUT2D eigenvalue weighted by atomic mass is 16.5. The van der Waals surface area contributed by atoms with E-state index in [1.165, 1.54) is 0 Å². The Balaban J connectivity index is 1.74. The van der Waals surface area contributed by atoms with Gasteiger partial charge in [0.05, 0.1) is 0 Å². The first-order valence-corrected chi connectivity index (χ1v) is 8.08. The number of aliphatic hydroxyl groups excluding tert-OH is 1. The molecule has 0 unspecified atom stereocenters. The van der Waals surface area contributed by atoms with Gasteiger partial charge in [-0.15, -0.1) is 0 Å². The summed E-state index contributed by atoms with van der Waals surface area (Å²) in [5, 5.41) is 14.4. The summed E-state index contributed by atoms with van der Waals surface area (Å²) < 4.78 is 5.70. The lowest BCUT2D eigenvalue weighted by Crippen LogP contribution is -2.40. The van der Waals surface area contributed by atoms with E-state index in [1.54, 1.807) is 0 Å². The van der Waals surface area contributed by atoms with E-state index in [9.17, 15) is 4.79 Å². The van der Waals surface area contributed by atoms with Gasteiger partial charge in [0.2, 0.25) is 0 Å². The van der Waals surface area contributed by atoms with Crippen LogP contribution in [0.15, 0.2) is 54.6 Å². The van der Waals surface area contributed by atoms with Crippen LogP contribution in [0.3, 0.4) is 0 Å². The Labute approximate surface area is 142 Å². The SMILES string of the molecule is C[C@H](CCO)NC(=O)NCc1ccc(COc2ccccc2)cc1. The molecule has 0 bridgehead atoms. The van der Waals surface area contributed by atoms with Crippen molar-refractivity contribution in [2.45, 2.75) is 32.5 Å². The normalized spacial score (nSPS) is 11.6. The first-order valence-electron chi connectivity index (χ1n) is 8.08. The number of nitrogens with one attached hydrogen (secondary N) is 2. The molecule has 24 heavy (non-hydrogen) atoms. The standard InChI is InChI=1S/C19H24N2O3/c1-15(11-12-22)21-19(23)20-13-16-7-9-17(10-8-16)14-24-18-5-3-2-4-6-18/h2-10,15,22H,11-14H2,1H3,(H2,20,21,23)/t15-/m1/s1. The van der Waals surface area contributed by atoms with Crippen LogP contribution in [-0.4, -0.2) is 23.8 Å². The quantitative estimate of drug-likeness (QED) is 0.698. The second kappa shape index (κ2) is 9.57. The largest absolute Gasteiger partial charge is 0.489 e. The minimum atomic E-state index is -0.229. The molecule has 2 aromatic rings. The summed E-state index contributed by atoms with van der Waals surface area (Å²) in [5.41, 5.74) is 2.09. The fraction of sp³-hybridized carbons (Fsp3) is 0.316. The molecule has 0 radical (unpaired) electrons. The molecule has 0 aliphatic carbocycles. The lowest BCUT2D eigenvalue weighted by molar-refractivity contribution is 0.230. The van der Waals surface area contributed by atoms with E-state index in [2.05, 4.69) is 10.6 Å². The molecule has 128 valence electrons. The molecule has 2 rings (SSSR count). The Kier molecular flexibility index (Phi) is 7.11. The number of benzene rings is 2. The average molecular weight is 328 g/mol. The van der Waals surface area contributed by atoms with E-state index in [4.69, 9.17) is 9.84 Å². The maximum atomic E-state index is 11.7. The van der Waals surface area contributed by atoms with Crippen LogP contribution in [0.25, 0.3) is 0 Å². The number of para-hydroxylation sites is 1. The molecule has 0 fully saturated rings. The van der Waals surface area contributed by atoms with Crippen molar-refractivity contribution >= 4 is 6.03 Å². The van der Waals surface area contributed by atoms with Crippen LogP contribution in [0.5, 0.6) is 5.75 Å². The first kappa shape index (κ1) is 17.8. The molecule has 2 aromatic carbocycles. The van der Waals surface area contributed by atoms with Gasteiger partial charge < -0.3 is 20.5 Å². The van der Waals surface area contributed by atoms with Crippen LogP contribution < -0.4 is 15.4 Å². The van der Waals surface area contributed by atoms with Gasteiger partial charge in [0, 0.05) is 19.2 Å². The third kappa shape index (κ3) is 6.30. The maximum Gasteiger partial charge on any atom is 0.315 e. The molecule has 2 amide bonds. The second-order valence-corrected chi connectivity index (χ2v) is 5.66. The Bertz CT molecular complexity index is 614. The van der Waals surface area contributed by atoms with E-state index in [-0.39, 0.29) is 18.7 Å². The number of ether oxygens (including phenoxy) is 1. The molecule has 0 heterocycles. The highest BCUT2D eigenvalue weighted by Gasteiger charge is 2.06. The third-order valence-electron chi connectivity index (χ3n) is 3.56. The monoisotopic (exact) mass is 328 g/mol. The Hall–Kier alpha value is -2.53. The van der Waals surface area contributed by atoms with E-state index in [0.29, 0.717) is 19.6 Å². The number of rotatable bonds is 8. The van der Waals surface area contributed by atoms with E-state index in [0.717, 1.165) is 16.9 Å². The van der Waals surface area contributed by atoms with Crippen molar-refractivity contribution in [1.29, 1.82) is 0 Å². The minimum absolute atomic E-state index is 0.0486. The lowest BCUT2D eigenvalue weighted by Gasteiger charge is -2.13. The van der Waals surface area contributed by atoms with Gasteiger partial charge in [0.1, 0.15) is 12.4 Å². The van der Waals surface area contributed by atoms with Crippen molar-refractivity contribution in [2.75, 3.05) is 6.61 Å². The van der Waals surface area contributed by atoms with Crippen LogP contribution in [0.4, 0.5) is 4.79 Å². The zero-order valence-electron chi connectivity index (χ0n) is 13.9. The summed E-state index contributed by atoms with van der Waals surface area (Å²) in [7, 11) is 0. The van der Waals surface area contributed by atoms with Crippen molar-refractivity contribution in [2.24, 2.45) is 0 Å². The summed E-state index contributed by atoms with van der Waals surface area (Å²) in [6.07, 6.45) is 0.545. The number of aliphatic hydroxyl groups is 1. The summed E-state index contributed by atoms with van der Waals surface area (Å²) >= 11 is 0. The van der Waals surface area contributed by atoms with E-state index < -0.39 is 0 Å². The topological polar surface area (TPSA) is 70.6 Å². The smallest absolute Gasteiger partial charge is 0.315 e. The van der Waals surface area contributed by atoms with Crippen LogP contribution in [0, 0.1) is 0 Å². The molecular weight excluding hydrogens is 304 g/mol. The van der Waals surface area contributed by atoms with Gasteiger partial charge in [0.15, 0.2) is 0 Å². The summed E-state index contributed by atoms with van der Waals surface area (Å²) in [6.45, 7) is 2.89. The molecule has 0 aromatic heterocycles. The molecule has 1 atom stereocenters. The highest BCUT2D eigenvalue weighted by Crippen LogP contribution is 2.12. The van der Waals surface area contributed by atoms with Gasteiger partial charge in [-0.05, 0) is 36.6 Å². The minimum Gasteiger partial charge on any atom is -0.489 e. The Morgan fingerprint density at radius 2 is 1.75 bits per heavy atom. The van der Waals surface area contributed by atoms with Gasteiger partial charge in [0.25, 0.3) is 0 Å². The van der Waals surface area contributed by atoms with Crippen molar-refractivity contribution in [3.8, 4) is 5.75 Å². The average Bonchev–Trinajstić information content (AvgIpc) is 2.60.